The van der Waals surface area contributed by atoms with E-state index in [1.807, 2.05) is 36.4 Å². The Labute approximate surface area is 323 Å². The van der Waals surface area contributed by atoms with Crippen LogP contribution in [-0.2, 0) is 0 Å². The van der Waals surface area contributed by atoms with Crippen molar-refractivity contribution >= 4 is 43.7 Å². The van der Waals surface area contributed by atoms with Crippen molar-refractivity contribution in [1.29, 1.82) is 0 Å². The largest absolute Gasteiger partial charge is 0.455 e. The fourth-order valence-corrected chi connectivity index (χ4v) is 8.27. The van der Waals surface area contributed by atoms with Gasteiger partial charge in [-0.15, -0.1) is 0 Å². The summed E-state index contributed by atoms with van der Waals surface area (Å²) in [5, 5.41) is 4.62. The molecule has 0 atom stereocenters. The van der Waals surface area contributed by atoms with Gasteiger partial charge in [0, 0.05) is 49.4 Å². The van der Waals surface area contributed by atoms with Crippen molar-refractivity contribution in [3.05, 3.63) is 200 Å². The van der Waals surface area contributed by atoms with Crippen LogP contribution in [0.2, 0.25) is 0 Å². The van der Waals surface area contributed by atoms with Crippen molar-refractivity contribution in [2.24, 2.45) is 0 Å². The zero-order valence-corrected chi connectivity index (χ0v) is 30.3. The molecule has 0 bridgehead atoms. The highest BCUT2D eigenvalue weighted by molar-refractivity contribution is 6.13. The topological polar surface area (TPSA) is 43.9 Å². The van der Waals surface area contributed by atoms with Gasteiger partial charge in [-0.2, -0.15) is 0 Å². The predicted octanol–water partition coefficient (Wildman–Crippen LogP) is 13.8. The second kappa shape index (κ2) is 13.1. The summed E-state index contributed by atoms with van der Waals surface area (Å²) in [7, 11) is 0. The third-order valence-electron chi connectivity index (χ3n) is 10.9. The number of rotatable bonds is 6. The van der Waals surface area contributed by atoms with Crippen LogP contribution < -0.4 is 0 Å². The Morgan fingerprint density at radius 3 is 1.80 bits per heavy atom. The van der Waals surface area contributed by atoms with Crippen LogP contribution in [0.5, 0.6) is 0 Å². The van der Waals surface area contributed by atoms with Crippen molar-refractivity contribution in [2.75, 3.05) is 0 Å². The smallest absolute Gasteiger partial charge is 0.160 e. The molecular formula is C52H33N3O. The number of benzene rings is 8. The quantitative estimate of drug-likeness (QED) is 0.172. The molecule has 262 valence electrons. The molecule has 0 spiro atoms. The zero-order valence-electron chi connectivity index (χ0n) is 30.3. The molecule has 11 rings (SSSR count). The second-order valence-corrected chi connectivity index (χ2v) is 14.1. The van der Waals surface area contributed by atoms with Gasteiger partial charge < -0.3 is 8.98 Å². The first-order valence-electron chi connectivity index (χ1n) is 18.9. The lowest BCUT2D eigenvalue weighted by molar-refractivity contribution is 0.670. The summed E-state index contributed by atoms with van der Waals surface area (Å²) >= 11 is 0. The molecule has 0 fully saturated rings. The van der Waals surface area contributed by atoms with Gasteiger partial charge in [0.25, 0.3) is 0 Å². The van der Waals surface area contributed by atoms with Crippen LogP contribution in [0.15, 0.2) is 205 Å². The monoisotopic (exact) mass is 715 g/mol. The third kappa shape index (κ3) is 5.23. The number of fused-ring (bicyclic) bond motifs is 6. The van der Waals surface area contributed by atoms with Gasteiger partial charge in [0.05, 0.1) is 28.1 Å². The van der Waals surface area contributed by atoms with Crippen LogP contribution in [0.3, 0.4) is 0 Å². The molecule has 0 saturated heterocycles. The minimum absolute atomic E-state index is 0.701. The third-order valence-corrected chi connectivity index (χ3v) is 10.9. The molecule has 3 heterocycles. The first-order valence-corrected chi connectivity index (χ1v) is 18.9. The highest BCUT2D eigenvalue weighted by Crippen LogP contribution is 2.42. The van der Waals surface area contributed by atoms with Crippen LogP contribution in [-0.4, -0.2) is 14.5 Å². The van der Waals surface area contributed by atoms with Crippen molar-refractivity contribution in [1.82, 2.24) is 14.5 Å². The fraction of sp³-hybridized carbons (Fsp3) is 0. The molecule has 4 heteroatoms. The Bertz CT molecular complexity index is 3190. The molecule has 0 amide bonds. The lowest BCUT2D eigenvalue weighted by Gasteiger charge is -2.15. The predicted molar refractivity (Wildman–Crippen MR) is 231 cm³/mol. The summed E-state index contributed by atoms with van der Waals surface area (Å²) in [6, 6.07) is 70.2. The van der Waals surface area contributed by atoms with E-state index in [0.717, 1.165) is 89.0 Å². The number of hydrogen-bond donors (Lipinski definition) is 0. The number of furan rings is 1. The average molecular weight is 716 g/mol. The first kappa shape index (κ1) is 31.9. The number of hydrogen-bond acceptors (Lipinski definition) is 3. The Balaban J connectivity index is 1.10. The van der Waals surface area contributed by atoms with E-state index in [4.69, 9.17) is 14.4 Å². The molecule has 0 saturated carbocycles. The van der Waals surface area contributed by atoms with E-state index >= 15 is 0 Å². The normalized spacial score (nSPS) is 11.6. The summed E-state index contributed by atoms with van der Waals surface area (Å²) in [6.45, 7) is 0. The van der Waals surface area contributed by atoms with Crippen molar-refractivity contribution < 1.29 is 4.42 Å². The summed E-state index contributed by atoms with van der Waals surface area (Å²) in [5.74, 6) is 0.701. The van der Waals surface area contributed by atoms with Gasteiger partial charge in [-0.05, 0) is 47.5 Å². The molecule has 8 aromatic carbocycles. The molecular weight excluding hydrogens is 683 g/mol. The SMILES string of the molecule is c1ccc(-c2cc(-c3ccccc3-c3ccc4c(c3)c3ccccc3n4-c3ccccc3-c3cccc4c3oc3ccccc34)nc(-c3ccccc3)n2)cc1. The highest BCUT2D eigenvalue weighted by Gasteiger charge is 2.20. The van der Waals surface area contributed by atoms with E-state index in [9.17, 15) is 0 Å². The summed E-state index contributed by atoms with van der Waals surface area (Å²) in [6.07, 6.45) is 0. The van der Waals surface area contributed by atoms with Crippen LogP contribution in [0.4, 0.5) is 0 Å². The Morgan fingerprint density at radius 1 is 0.357 bits per heavy atom. The standard InChI is InChI=1S/C52H33N3O/c1-3-16-34(17-4-1)45-33-46(54-52(53-45)35-18-5-2-6-19-35)38-21-8-7-20-37(38)36-30-31-49-44(32-36)40-23-10-13-28-48(40)55(49)47-27-12-9-22-39(47)42-25-15-26-43-41-24-11-14-29-50(41)56-51(42)43/h1-33H. The molecule has 4 nitrogen and oxygen atoms in total. The molecule has 0 aliphatic rings. The fourth-order valence-electron chi connectivity index (χ4n) is 8.27. The zero-order chi connectivity index (χ0) is 37.0. The van der Waals surface area contributed by atoms with Gasteiger partial charge >= 0.3 is 0 Å². The van der Waals surface area contributed by atoms with Crippen LogP contribution in [0.1, 0.15) is 0 Å². The number of nitrogens with zero attached hydrogens (tertiary/aromatic N) is 3. The highest BCUT2D eigenvalue weighted by atomic mass is 16.3. The molecule has 0 N–H and O–H groups in total. The van der Waals surface area contributed by atoms with Gasteiger partial charge in [-0.25, -0.2) is 9.97 Å². The summed E-state index contributed by atoms with van der Waals surface area (Å²) in [5.41, 5.74) is 14.4. The van der Waals surface area contributed by atoms with Gasteiger partial charge in [-0.3, -0.25) is 0 Å². The Morgan fingerprint density at radius 2 is 0.964 bits per heavy atom. The molecule has 0 aliphatic carbocycles. The molecule has 0 aliphatic heterocycles. The number of para-hydroxylation sites is 4. The number of aromatic nitrogens is 3. The maximum absolute atomic E-state index is 6.54. The molecule has 11 aromatic rings. The minimum atomic E-state index is 0.701. The lowest BCUT2D eigenvalue weighted by Crippen LogP contribution is -1.97. The van der Waals surface area contributed by atoms with Crippen LogP contribution in [0, 0.1) is 0 Å². The molecule has 3 aromatic heterocycles. The van der Waals surface area contributed by atoms with Gasteiger partial charge in [0.15, 0.2) is 5.82 Å². The van der Waals surface area contributed by atoms with Crippen molar-refractivity contribution in [3.8, 4) is 61.8 Å². The molecule has 0 unspecified atom stereocenters. The Hall–Kier alpha value is -7.56. The Kier molecular flexibility index (Phi) is 7.46. The molecule has 0 radical (unpaired) electrons. The van der Waals surface area contributed by atoms with Crippen molar-refractivity contribution in [2.45, 2.75) is 0 Å². The van der Waals surface area contributed by atoms with Crippen LogP contribution >= 0.6 is 0 Å². The van der Waals surface area contributed by atoms with E-state index in [0.29, 0.717) is 5.82 Å². The lowest BCUT2D eigenvalue weighted by atomic mass is 9.95. The van der Waals surface area contributed by atoms with E-state index in [2.05, 4.69) is 168 Å². The van der Waals surface area contributed by atoms with E-state index in [-0.39, 0.29) is 0 Å². The van der Waals surface area contributed by atoms with Gasteiger partial charge in [0.2, 0.25) is 0 Å². The van der Waals surface area contributed by atoms with E-state index < -0.39 is 0 Å². The summed E-state index contributed by atoms with van der Waals surface area (Å²) in [4.78, 5) is 10.2. The average Bonchev–Trinajstić information content (AvgIpc) is 3.82. The second-order valence-electron chi connectivity index (χ2n) is 14.1. The van der Waals surface area contributed by atoms with E-state index in [1.54, 1.807) is 0 Å². The minimum Gasteiger partial charge on any atom is -0.455 e. The van der Waals surface area contributed by atoms with Gasteiger partial charge in [-0.1, -0.05) is 164 Å². The maximum atomic E-state index is 6.54. The maximum Gasteiger partial charge on any atom is 0.160 e. The molecule has 56 heavy (non-hydrogen) atoms. The van der Waals surface area contributed by atoms with Crippen molar-refractivity contribution in [3.63, 3.8) is 0 Å². The van der Waals surface area contributed by atoms with E-state index in [1.165, 1.54) is 10.8 Å². The summed E-state index contributed by atoms with van der Waals surface area (Å²) < 4.78 is 8.95. The van der Waals surface area contributed by atoms with Crippen LogP contribution in [0.25, 0.3) is 106 Å². The van der Waals surface area contributed by atoms with Gasteiger partial charge in [0.1, 0.15) is 11.2 Å². The first-order chi connectivity index (χ1) is 27.8.